The van der Waals surface area contributed by atoms with Gasteiger partial charge in [-0.05, 0) is 12.8 Å². The molecule has 1 amide bonds. The quantitative estimate of drug-likeness (QED) is 0.788. The van der Waals surface area contributed by atoms with E-state index in [0.717, 1.165) is 12.8 Å². The molecule has 114 valence electrons. The Bertz CT molecular complexity index is 682. The summed E-state index contributed by atoms with van der Waals surface area (Å²) in [6.45, 7) is 5.52. The lowest BCUT2D eigenvalue weighted by Gasteiger charge is -2.21. The maximum Gasteiger partial charge on any atom is 0.264 e. The van der Waals surface area contributed by atoms with Crippen LogP contribution >= 0.6 is 0 Å². The van der Waals surface area contributed by atoms with Crippen LogP contribution in [0.3, 0.4) is 0 Å². The highest BCUT2D eigenvalue weighted by Crippen LogP contribution is 2.04. The van der Waals surface area contributed by atoms with Crippen molar-refractivity contribution in [2.75, 3.05) is 13.1 Å². The van der Waals surface area contributed by atoms with Gasteiger partial charge in [0.05, 0.1) is 6.20 Å². The summed E-state index contributed by atoms with van der Waals surface area (Å²) in [7, 11) is 1.73. The predicted octanol–water partition coefficient (Wildman–Crippen LogP) is 0.779. The number of hydrogen-bond donors (Lipinski definition) is 0. The van der Waals surface area contributed by atoms with E-state index in [0.29, 0.717) is 24.1 Å². The largest absolute Gasteiger partial charge is 0.341 e. The second-order valence-corrected chi connectivity index (χ2v) is 5.06. The fourth-order valence-corrected chi connectivity index (χ4v) is 2.33. The Hall–Kier alpha value is -2.18. The van der Waals surface area contributed by atoms with Crippen LogP contribution in [0.25, 0.3) is 11.0 Å². The maximum absolute atomic E-state index is 12.3. The Morgan fingerprint density at radius 1 is 1.29 bits per heavy atom. The highest BCUT2D eigenvalue weighted by molar-refractivity contribution is 5.77. The zero-order chi connectivity index (χ0) is 15.4. The molecule has 0 bridgehead atoms. The van der Waals surface area contributed by atoms with Crippen molar-refractivity contribution in [3.8, 4) is 0 Å². The highest BCUT2D eigenvalue weighted by atomic mass is 16.2. The van der Waals surface area contributed by atoms with Crippen LogP contribution < -0.4 is 5.56 Å². The molecule has 0 N–H and O–H groups in total. The maximum atomic E-state index is 12.3. The summed E-state index contributed by atoms with van der Waals surface area (Å²) in [5.41, 5.74) is 0.303. The average Bonchev–Trinajstić information content (AvgIpc) is 2.84. The molecule has 2 heterocycles. The molecular weight excluding hydrogens is 270 g/mol. The van der Waals surface area contributed by atoms with Crippen molar-refractivity contribution in [2.24, 2.45) is 7.05 Å². The van der Waals surface area contributed by atoms with Crippen molar-refractivity contribution in [3.63, 3.8) is 0 Å². The molecule has 2 aromatic rings. The smallest absolute Gasteiger partial charge is 0.264 e. The van der Waals surface area contributed by atoms with E-state index < -0.39 is 0 Å². The second kappa shape index (κ2) is 6.51. The van der Waals surface area contributed by atoms with Crippen LogP contribution in [0, 0.1) is 0 Å². The molecule has 0 radical (unpaired) electrons. The van der Waals surface area contributed by atoms with Gasteiger partial charge in [-0.15, -0.1) is 0 Å². The lowest BCUT2D eigenvalue weighted by Crippen LogP contribution is -2.37. The lowest BCUT2D eigenvalue weighted by atomic mass is 10.3. The molecule has 2 rings (SSSR count). The first-order valence-corrected chi connectivity index (χ1v) is 7.23. The van der Waals surface area contributed by atoms with Crippen molar-refractivity contribution < 1.29 is 4.79 Å². The van der Waals surface area contributed by atoms with E-state index >= 15 is 0 Å². The number of fused-ring (bicyclic) bond motifs is 1. The van der Waals surface area contributed by atoms with Crippen molar-refractivity contribution in [3.05, 3.63) is 22.9 Å². The van der Waals surface area contributed by atoms with Crippen molar-refractivity contribution in [2.45, 2.75) is 33.2 Å². The van der Waals surface area contributed by atoms with E-state index in [2.05, 4.69) is 10.1 Å². The molecule has 0 saturated heterocycles. The molecule has 0 aliphatic carbocycles. The van der Waals surface area contributed by atoms with Gasteiger partial charge in [-0.1, -0.05) is 13.8 Å². The summed E-state index contributed by atoms with van der Waals surface area (Å²) in [5, 5.41) is 4.45. The molecule has 0 aliphatic rings. The molecule has 2 aromatic heterocycles. The first kappa shape index (κ1) is 15.2. The highest BCUT2D eigenvalue weighted by Gasteiger charge is 2.15. The van der Waals surface area contributed by atoms with Gasteiger partial charge in [0.25, 0.3) is 5.56 Å². The minimum absolute atomic E-state index is 0.0245. The molecule has 7 heteroatoms. The average molecular weight is 291 g/mol. The summed E-state index contributed by atoms with van der Waals surface area (Å²) < 4.78 is 2.90. The lowest BCUT2D eigenvalue weighted by molar-refractivity contribution is -0.132. The summed E-state index contributed by atoms with van der Waals surface area (Å²) in [4.78, 5) is 30.6. The van der Waals surface area contributed by atoms with Crippen LogP contribution in [0.2, 0.25) is 0 Å². The predicted molar refractivity (Wildman–Crippen MR) is 79.9 cm³/mol. The summed E-state index contributed by atoms with van der Waals surface area (Å²) in [6, 6.07) is 0. The van der Waals surface area contributed by atoms with Crippen LogP contribution in [0.15, 0.2) is 17.3 Å². The van der Waals surface area contributed by atoms with Crippen molar-refractivity contribution in [1.82, 2.24) is 24.2 Å². The normalized spacial score (nSPS) is 11.0. The Labute approximate surface area is 123 Å². The van der Waals surface area contributed by atoms with Crippen LogP contribution in [-0.4, -0.2) is 43.2 Å². The molecule has 0 aromatic carbocycles. The molecule has 0 atom stereocenters. The van der Waals surface area contributed by atoms with Crippen LogP contribution in [0.5, 0.6) is 0 Å². The van der Waals surface area contributed by atoms with Gasteiger partial charge in [-0.25, -0.2) is 4.98 Å². The van der Waals surface area contributed by atoms with E-state index in [-0.39, 0.29) is 18.0 Å². The zero-order valence-electron chi connectivity index (χ0n) is 12.7. The Morgan fingerprint density at radius 3 is 2.57 bits per heavy atom. The molecule has 7 nitrogen and oxygen atoms in total. The number of rotatable bonds is 6. The standard InChI is InChI=1S/C14H21N5O2/c1-4-6-18(7-5-2)12(20)9-19-10-15-13-11(14(19)21)8-16-17(13)3/h8,10H,4-7,9H2,1-3H3. The van der Waals surface area contributed by atoms with Crippen LogP contribution in [0.4, 0.5) is 0 Å². The third-order valence-corrected chi connectivity index (χ3v) is 3.36. The van der Waals surface area contributed by atoms with Crippen LogP contribution in [0.1, 0.15) is 26.7 Å². The zero-order valence-corrected chi connectivity index (χ0v) is 12.7. The van der Waals surface area contributed by atoms with Crippen molar-refractivity contribution in [1.29, 1.82) is 0 Å². The third kappa shape index (κ3) is 3.12. The minimum atomic E-state index is -0.227. The van der Waals surface area contributed by atoms with Gasteiger partial charge in [-0.3, -0.25) is 18.8 Å². The van der Waals surface area contributed by atoms with Crippen LogP contribution in [-0.2, 0) is 18.4 Å². The fraction of sp³-hybridized carbons (Fsp3) is 0.571. The number of amides is 1. The van der Waals surface area contributed by atoms with E-state index in [1.165, 1.54) is 17.1 Å². The number of aryl methyl sites for hydroxylation is 1. The van der Waals surface area contributed by atoms with Gasteiger partial charge in [0.2, 0.25) is 5.91 Å². The van der Waals surface area contributed by atoms with E-state index in [1.807, 2.05) is 13.8 Å². The van der Waals surface area contributed by atoms with Gasteiger partial charge >= 0.3 is 0 Å². The fourth-order valence-electron chi connectivity index (χ4n) is 2.33. The SMILES string of the molecule is CCCN(CCC)C(=O)Cn1cnc2c(cnn2C)c1=O. The molecule has 0 aliphatic heterocycles. The Kier molecular flexibility index (Phi) is 4.72. The van der Waals surface area contributed by atoms with Gasteiger partial charge in [0.15, 0.2) is 5.65 Å². The minimum Gasteiger partial charge on any atom is -0.341 e. The first-order chi connectivity index (χ1) is 10.1. The monoisotopic (exact) mass is 291 g/mol. The number of nitrogens with zero attached hydrogens (tertiary/aromatic N) is 5. The Balaban J connectivity index is 2.24. The molecule has 0 unspecified atom stereocenters. The first-order valence-electron chi connectivity index (χ1n) is 7.23. The van der Waals surface area contributed by atoms with Gasteiger partial charge < -0.3 is 4.90 Å². The second-order valence-electron chi connectivity index (χ2n) is 5.06. The Morgan fingerprint density at radius 2 is 1.95 bits per heavy atom. The topological polar surface area (TPSA) is 73.0 Å². The van der Waals surface area contributed by atoms with Gasteiger partial charge in [0.1, 0.15) is 18.3 Å². The molecule has 0 saturated carbocycles. The van der Waals surface area contributed by atoms with E-state index in [9.17, 15) is 9.59 Å². The summed E-state index contributed by atoms with van der Waals surface area (Å²) >= 11 is 0. The summed E-state index contributed by atoms with van der Waals surface area (Å²) in [5.74, 6) is -0.0501. The van der Waals surface area contributed by atoms with Crippen molar-refractivity contribution >= 4 is 16.9 Å². The number of hydrogen-bond acceptors (Lipinski definition) is 4. The third-order valence-electron chi connectivity index (χ3n) is 3.36. The van der Waals surface area contributed by atoms with E-state index in [4.69, 9.17) is 0 Å². The molecule has 0 spiro atoms. The van der Waals surface area contributed by atoms with Gasteiger partial charge in [0, 0.05) is 20.1 Å². The molecule has 0 fully saturated rings. The number of aromatic nitrogens is 4. The summed E-state index contributed by atoms with van der Waals surface area (Å²) in [6.07, 6.45) is 4.71. The van der Waals surface area contributed by atoms with Gasteiger partial charge in [-0.2, -0.15) is 5.10 Å². The number of carbonyl (C=O) groups excluding carboxylic acids is 1. The van der Waals surface area contributed by atoms with E-state index in [1.54, 1.807) is 16.6 Å². The number of carbonyl (C=O) groups is 1. The molecular formula is C14H21N5O2. The molecule has 21 heavy (non-hydrogen) atoms.